The number of aryl methyl sites for hydroxylation is 1. The lowest BCUT2D eigenvalue weighted by atomic mass is 10.1. The van der Waals surface area contributed by atoms with Gasteiger partial charge in [-0.15, -0.1) is 0 Å². The Kier molecular flexibility index (Phi) is 7.42. The smallest absolute Gasteiger partial charge is 0.270 e. The molecule has 8 nitrogen and oxygen atoms in total. The second kappa shape index (κ2) is 11.0. The highest BCUT2D eigenvalue weighted by Gasteiger charge is 2.13. The Morgan fingerprint density at radius 2 is 1.89 bits per heavy atom. The summed E-state index contributed by atoms with van der Waals surface area (Å²) < 4.78 is 11.5. The van der Waals surface area contributed by atoms with E-state index >= 15 is 0 Å². The minimum atomic E-state index is -0.542. The van der Waals surface area contributed by atoms with Crippen LogP contribution in [0.3, 0.4) is 0 Å². The molecule has 0 spiro atoms. The molecule has 0 saturated heterocycles. The summed E-state index contributed by atoms with van der Waals surface area (Å²) in [6, 6.07) is 22.6. The van der Waals surface area contributed by atoms with Crippen molar-refractivity contribution in [3.8, 4) is 28.8 Å². The number of hydrazone groups is 1. The maximum Gasteiger partial charge on any atom is 0.270 e. The van der Waals surface area contributed by atoms with Crippen LogP contribution < -0.4 is 20.5 Å². The highest BCUT2D eigenvalue weighted by molar-refractivity contribution is 5.81. The van der Waals surface area contributed by atoms with Gasteiger partial charge in [-0.25, -0.2) is 10.4 Å². The Morgan fingerprint density at radius 3 is 2.64 bits per heavy atom. The molecule has 0 aliphatic rings. The summed E-state index contributed by atoms with van der Waals surface area (Å²) in [4.78, 5) is 19.3. The molecule has 0 aliphatic heterocycles. The number of anilines is 1. The zero-order valence-electron chi connectivity index (χ0n) is 20.2. The Labute approximate surface area is 208 Å². The number of H-pyrrole nitrogens is 1. The summed E-state index contributed by atoms with van der Waals surface area (Å²) in [6.07, 6.45) is 1.60. The molecule has 0 fully saturated rings. The molecule has 0 radical (unpaired) electrons. The minimum absolute atomic E-state index is 0.0561. The first-order chi connectivity index (χ1) is 17.5. The molecule has 8 heteroatoms. The van der Waals surface area contributed by atoms with Crippen LogP contribution in [-0.2, 0) is 6.61 Å². The van der Waals surface area contributed by atoms with Crippen molar-refractivity contribution in [2.24, 2.45) is 5.10 Å². The van der Waals surface area contributed by atoms with Crippen LogP contribution in [0.5, 0.6) is 11.5 Å². The first-order valence-corrected chi connectivity index (χ1v) is 11.2. The average Bonchev–Trinajstić information content (AvgIpc) is 2.90. The molecular weight excluding hydrogens is 454 g/mol. The standard InChI is InChI=1S/C28H25N5O3/c1-18-8-7-11-24(19(18)2)36-17-22-14-20(12-13-25(22)35-3)16-30-33-28-31-26(21-9-5-4-6-10-21)23(15-29)27(34)32-28/h4-14,16H,17H2,1-3H3,(H2,31,32,33,34). The predicted octanol–water partition coefficient (Wildman–Crippen LogP) is 4.96. The molecule has 1 aromatic heterocycles. The Hall–Kier alpha value is -4.90. The number of methoxy groups -OCH3 is 1. The molecule has 0 unspecified atom stereocenters. The molecule has 180 valence electrons. The van der Waals surface area contributed by atoms with E-state index in [-0.39, 0.29) is 17.2 Å². The number of benzene rings is 3. The van der Waals surface area contributed by atoms with Crippen LogP contribution in [0, 0.1) is 25.2 Å². The number of nitriles is 1. The number of ether oxygens (including phenoxy) is 2. The van der Waals surface area contributed by atoms with E-state index in [1.165, 1.54) is 0 Å². The lowest BCUT2D eigenvalue weighted by molar-refractivity contribution is 0.294. The third-order valence-electron chi connectivity index (χ3n) is 5.71. The van der Waals surface area contributed by atoms with E-state index in [0.29, 0.717) is 17.9 Å². The number of aromatic nitrogens is 2. The van der Waals surface area contributed by atoms with Crippen molar-refractivity contribution < 1.29 is 9.47 Å². The van der Waals surface area contributed by atoms with Gasteiger partial charge in [-0.1, -0.05) is 42.5 Å². The van der Waals surface area contributed by atoms with Gasteiger partial charge in [0.1, 0.15) is 29.7 Å². The lowest BCUT2D eigenvalue weighted by Crippen LogP contribution is -2.16. The Morgan fingerprint density at radius 1 is 1.08 bits per heavy atom. The lowest BCUT2D eigenvalue weighted by Gasteiger charge is -2.13. The Balaban J connectivity index is 1.53. The van der Waals surface area contributed by atoms with E-state index in [2.05, 4.69) is 20.5 Å². The molecule has 3 aromatic carbocycles. The van der Waals surface area contributed by atoms with Gasteiger partial charge >= 0.3 is 0 Å². The summed E-state index contributed by atoms with van der Waals surface area (Å²) >= 11 is 0. The van der Waals surface area contributed by atoms with Crippen LogP contribution >= 0.6 is 0 Å². The van der Waals surface area contributed by atoms with Gasteiger partial charge in [0.15, 0.2) is 0 Å². The average molecular weight is 480 g/mol. The van der Waals surface area contributed by atoms with Gasteiger partial charge in [-0.3, -0.25) is 9.78 Å². The third-order valence-corrected chi connectivity index (χ3v) is 5.71. The first kappa shape index (κ1) is 24.2. The van der Waals surface area contributed by atoms with E-state index in [4.69, 9.17) is 9.47 Å². The highest BCUT2D eigenvalue weighted by Crippen LogP contribution is 2.25. The highest BCUT2D eigenvalue weighted by atomic mass is 16.5. The van der Waals surface area contributed by atoms with Gasteiger partial charge in [0, 0.05) is 11.1 Å². The van der Waals surface area contributed by atoms with Crippen molar-refractivity contribution in [3.05, 3.63) is 105 Å². The molecular formula is C28H25N5O3. The number of hydrogen-bond donors (Lipinski definition) is 2. The molecule has 0 amide bonds. The predicted molar refractivity (Wildman–Crippen MR) is 139 cm³/mol. The van der Waals surface area contributed by atoms with Gasteiger partial charge in [-0.2, -0.15) is 10.4 Å². The minimum Gasteiger partial charge on any atom is -0.496 e. The topological polar surface area (TPSA) is 112 Å². The van der Waals surface area contributed by atoms with E-state index < -0.39 is 5.56 Å². The summed E-state index contributed by atoms with van der Waals surface area (Å²) in [5, 5.41) is 13.6. The molecule has 4 aromatic rings. The number of nitrogens with zero attached hydrogens (tertiary/aromatic N) is 3. The molecule has 4 rings (SSSR count). The first-order valence-electron chi connectivity index (χ1n) is 11.2. The quantitative estimate of drug-likeness (QED) is 0.273. The van der Waals surface area contributed by atoms with E-state index in [9.17, 15) is 10.1 Å². The maximum absolute atomic E-state index is 12.4. The summed E-state index contributed by atoms with van der Waals surface area (Å²) in [7, 11) is 1.61. The van der Waals surface area contributed by atoms with Crippen LogP contribution in [0.2, 0.25) is 0 Å². The van der Waals surface area contributed by atoms with Crippen molar-refractivity contribution in [1.29, 1.82) is 5.26 Å². The van der Waals surface area contributed by atoms with Crippen molar-refractivity contribution in [1.82, 2.24) is 9.97 Å². The van der Waals surface area contributed by atoms with Gasteiger partial charge in [0.05, 0.1) is 19.0 Å². The second-order valence-electron chi connectivity index (χ2n) is 8.04. The van der Waals surface area contributed by atoms with Gasteiger partial charge < -0.3 is 9.47 Å². The van der Waals surface area contributed by atoms with Crippen molar-refractivity contribution >= 4 is 12.2 Å². The van der Waals surface area contributed by atoms with Crippen molar-refractivity contribution in [2.45, 2.75) is 20.5 Å². The summed E-state index contributed by atoms with van der Waals surface area (Å²) in [5.41, 5.74) is 7.01. The summed E-state index contributed by atoms with van der Waals surface area (Å²) in [6.45, 7) is 4.40. The number of aromatic amines is 1. The van der Waals surface area contributed by atoms with E-state index in [1.54, 1.807) is 25.5 Å². The molecule has 36 heavy (non-hydrogen) atoms. The Bertz CT molecular complexity index is 1500. The van der Waals surface area contributed by atoms with Gasteiger partial charge in [0.25, 0.3) is 5.56 Å². The van der Waals surface area contributed by atoms with Crippen LogP contribution in [0.15, 0.2) is 76.6 Å². The van der Waals surface area contributed by atoms with E-state index in [0.717, 1.165) is 28.0 Å². The molecule has 0 saturated carbocycles. The van der Waals surface area contributed by atoms with Gasteiger partial charge in [-0.05, 0) is 54.8 Å². The second-order valence-corrected chi connectivity index (χ2v) is 8.04. The van der Waals surface area contributed by atoms with E-state index in [1.807, 2.05) is 74.5 Å². The fourth-order valence-electron chi connectivity index (χ4n) is 3.63. The zero-order valence-corrected chi connectivity index (χ0v) is 20.2. The number of hydrogen-bond acceptors (Lipinski definition) is 7. The van der Waals surface area contributed by atoms with Crippen LogP contribution in [0.25, 0.3) is 11.3 Å². The molecule has 1 heterocycles. The maximum atomic E-state index is 12.4. The molecule has 0 bridgehead atoms. The van der Waals surface area contributed by atoms with Crippen LogP contribution in [0.4, 0.5) is 5.95 Å². The molecule has 0 aliphatic carbocycles. The summed E-state index contributed by atoms with van der Waals surface area (Å²) in [5.74, 6) is 1.65. The molecule has 0 atom stereocenters. The monoisotopic (exact) mass is 479 g/mol. The SMILES string of the molecule is COc1ccc(C=NNc2nc(-c3ccccc3)c(C#N)c(=O)[nH]2)cc1COc1cccc(C)c1C. The number of nitrogens with one attached hydrogen (secondary N) is 2. The molecule has 2 N–H and O–H groups in total. The largest absolute Gasteiger partial charge is 0.496 e. The third kappa shape index (κ3) is 5.42. The van der Waals surface area contributed by atoms with Crippen LogP contribution in [-0.4, -0.2) is 23.3 Å². The fraction of sp³-hybridized carbons (Fsp3) is 0.143. The van der Waals surface area contributed by atoms with Crippen molar-refractivity contribution in [2.75, 3.05) is 12.5 Å². The fourth-order valence-corrected chi connectivity index (χ4v) is 3.63. The zero-order chi connectivity index (χ0) is 25.5. The van der Waals surface area contributed by atoms with Crippen LogP contribution in [0.1, 0.15) is 27.8 Å². The number of rotatable bonds is 8. The van der Waals surface area contributed by atoms with Gasteiger partial charge in [0.2, 0.25) is 5.95 Å². The van der Waals surface area contributed by atoms with Crippen molar-refractivity contribution in [3.63, 3.8) is 0 Å². The normalized spacial score (nSPS) is 10.7.